The fourth-order valence-corrected chi connectivity index (χ4v) is 2.64. The highest BCUT2D eigenvalue weighted by atomic mass is 32.1. The topological polar surface area (TPSA) is 74.2 Å². The Kier molecular flexibility index (Phi) is 5.71. The highest BCUT2D eigenvalue weighted by Crippen LogP contribution is 2.14. The molecule has 112 valence electrons. The van der Waals surface area contributed by atoms with E-state index in [1.54, 1.807) is 6.20 Å². The summed E-state index contributed by atoms with van der Waals surface area (Å²) >= 11 is 1.50. The van der Waals surface area contributed by atoms with E-state index in [1.165, 1.54) is 11.3 Å². The monoisotopic (exact) mass is 305 g/mol. The molecule has 1 heterocycles. The predicted octanol–water partition coefficient (Wildman–Crippen LogP) is 2.11. The van der Waals surface area contributed by atoms with Gasteiger partial charge in [0.2, 0.25) is 0 Å². The second kappa shape index (κ2) is 7.75. The molecule has 0 unspecified atom stereocenters. The Morgan fingerprint density at radius 3 is 2.71 bits per heavy atom. The number of amides is 2. The van der Waals surface area contributed by atoms with Crippen molar-refractivity contribution >= 4 is 17.4 Å². The van der Waals surface area contributed by atoms with Crippen LogP contribution in [-0.2, 0) is 6.42 Å². The minimum absolute atomic E-state index is 0.103. The molecule has 1 aromatic heterocycles. The summed E-state index contributed by atoms with van der Waals surface area (Å²) in [6.45, 7) is 1.78. The lowest BCUT2D eigenvalue weighted by Crippen LogP contribution is -2.45. The molecule has 0 fully saturated rings. The van der Waals surface area contributed by atoms with Gasteiger partial charge in [-0.1, -0.05) is 30.3 Å². The van der Waals surface area contributed by atoms with Gasteiger partial charge in [0.15, 0.2) is 0 Å². The summed E-state index contributed by atoms with van der Waals surface area (Å²) in [5.41, 5.74) is 1.07. The number of hydrogen-bond donors (Lipinski definition) is 3. The lowest BCUT2D eigenvalue weighted by molar-refractivity contribution is 0.213. The number of carbonyl (C=O) groups excluding carboxylic acids is 1. The maximum Gasteiger partial charge on any atom is 0.315 e. The van der Waals surface area contributed by atoms with Gasteiger partial charge in [0, 0.05) is 11.6 Å². The Hall–Kier alpha value is -1.92. The Bertz CT molecular complexity index is 545. The molecule has 0 aliphatic heterocycles. The van der Waals surface area contributed by atoms with Crippen LogP contribution in [0.25, 0.3) is 0 Å². The van der Waals surface area contributed by atoms with Crippen molar-refractivity contribution in [1.82, 2.24) is 15.6 Å². The van der Waals surface area contributed by atoms with Gasteiger partial charge in [-0.2, -0.15) is 0 Å². The number of aromatic nitrogens is 1. The number of thiazole rings is 1. The molecule has 0 spiro atoms. The molecule has 2 aromatic rings. The first-order valence-electron chi connectivity index (χ1n) is 6.80. The van der Waals surface area contributed by atoms with Crippen LogP contribution in [0.1, 0.15) is 23.5 Å². The number of hydrogen-bond acceptors (Lipinski definition) is 4. The van der Waals surface area contributed by atoms with E-state index in [2.05, 4.69) is 15.6 Å². The third-order valence-electron chi connectivity index (χ3n) is 3.05. The molecule has 0 saturated carbocycles. The maximum absolute atomic E-state index is 12.0. The molecular weight excluding hydrogens is 286 g/mol. The third kappa shape index (κ3) is 4.84. The molecule has 0 saturated heterocycles. The molecule has 3 N–H and O–H groups in total. The van der Waals surface area contributed by atoms with Crippen molar-refractivity contribution in [1.29, 1.82) is 0 Å². The zero-order chi connectivity index (χ0) is 15.1. The number of urea groups is 1. The van der Waals surface area contributed by atoms with E-state index in [0.29, 0.717) is 6.42 Å². The van der Waals surface area contributed by atoms with Gasteiger partial charge in [-0.25, -0.2) is 9.78 Å². The van der Waals surface area contributed by atoms with Crippen LogP contribution in [0.3, 0.4) is 0 Å². The van der Waals surface area contributed by atoms with Crippen molar-refractivity contribution in [3.05, 3.63) is 52.5 Å². The van der Waals surface area contributed by atoms with E-state index in [-0.39, 0.29) is 24.7 Å². The van der Waals surface area contributed by atoms with Gasteiger partial charge in [-0.05, 0) is 18.9 Å². The number of nitrogens with zero attached hydrogens (tertiary/aromatic N) is 1. The van der Waals surface area contributed by atoms with E-state index in [9.17, 15) is 9.90 Å². The van der Waals surface area contributed by atoms with Gasteiger partial charge in [0.1, 0.15) is 5.01 Å². The van der Waals surface area contributed by atoms with Gasteiger partial charge in [0.25, 0.3) is 0 Å². The van der Waals surface area contributed by atoms with Crippen molar-refractivity contribution in [3.8, 4) is 0 Å². The average Bonchev–Trinajstić information content (AvgIpc) is 3.02. The third-order valence-corrected chi connectivity index (χ3v) is 4.01. The number of rotatable bonds is 6. The quantitative estimate of drug-likeness (QED) is 0.765. The molecule has 0 bridgehead atoms. The maximum atomic E-state index is 12.0. The molecule has 0 aliphatic rings. The van der Waals surface area contributed by atoms with Gasteiger partial charge in [-0.15, -0.1) is 11.3 Å². The summed E-state index contributed by atoms with van der Waals surface area (Å²) < 4.78 is 0. The van der Waals surface area contributed by atoms with Gasteiger partial charge < -0.3 is 15.7 Å². The van der Waals surface area contributed by atoms with Crippen LogP contribution >= 0.6 is 11.3 Å². The van der Waals surface area contributed by atoms with Crippen LogP contribution in [0.2, 0.25) is 0 Å². The van der Waals surface area contributed by atoms with Crippen LogP contribution in [0.4, 0.5) is 4.79 Å². The molecule has 0 radical (unpaired) electrons. The first kappa shape index (κ1) is 15.5. The number of benzene rings is 1. The highest BCUT2D eigenvalue weighted by Gasteiger charge is 2.15. The van der Waals surface area contributed by atoms with E-state index in [4.69, 9.17) is 0 Å². The molecular formula is C15H19N3O2S. The minimum Gasteiger partial charge on any atom is -0.394 e. The Balaban J connectivity index is 1.85. The predicted molar refractivity (Wildman–Crippen MR) is 83.2 cm³/mol. The normalized spacial score (nSPS) is 13.4. The SMILES string of the molecule is C[C@H](NC(=O)N[C@H](CO)Cc1ccccc1)c1nccs1. The standard InChI is InChI=1S/C15H19N3O2S/c1-11(14-16-7-8-21-14)17-15(20)18-13(10-19)9-12-5-3-2-4-6-12/h2-8,11,13,19H,9-10H2,1H3,(H2,17,18,20)/t11-,13-/m0/s1. The smallest absolute Gasteiger partial charge is 0.315 e. The number of aliphatic hydroxyl groups excluding tert-OH is 1. The minimum atomic E-state index is -0.309. The summed E-state index contributed by atoms with van der Waals surface area (Å²) in [7, 11) is 0. The van der Waals surface area contributed by atoms with E-state index in [1.807, 2.05) is 42.6 Å². The molecule has 6 heteroatoms. The number of carbonyl (C=O) groups is 1. The zero-order valence-electron chi connectivity index (χ0n) is 11.8. The molecule has 2 rings (SSSR count). The van der Waals surface area contributed by atoms with Crippen molar-refractivity contribution < 1.29 is 9.90 Å². The summed E-state index contributed by atoms with van der Waals surface area (Å²) in [4.78, 5) is 16.1. The molecule has 2 atom stereocenters. The van der Waals surface area contributed by atoms with Crippen LogP contribution in [0, 0.1) is 0 Å². The van der Waals surface area contributed by atoms with Gasteiger partial charge >= 0.3 is 6.03 Å². The van der Waals surface area contributed by atoms with Crippen molar-refractivity contribution in [2.75, 3.05) is 6.61 Å². The molecule has 1 aromatic carbocycles. The summed E-state index contributed by atoms with van der Waals surface area (Å²) in [5, 5.41) is 17.7. The molecule has 2 amide bonds. The van der Waals surface area contributed by atoms with Crippen LogP contribution in [0.15, 0.2) is 41.9 Å². The number of aliphatic hydroxyl groups is 1. The largest absolute Gasteiger partial charge is 0.394 e. The number of nitrogens with one attached hydrogen (secondary N) is 2. The lowest BCUT2D eigenvalue weighted by Gasteiger charge is -2.18. The first-order chi connectivity index (χ1) is 10.2. The summed E-state index contributed by atoms with van der Waals surface area (Å²) in [6, 6.07) is 9.00. The van der Waals surface area contributed by atoms with E-state index in [0.717, 1.165) is 10.6 Å². The average molecular weight is 305 g/mol. The van der Waals surface area contributed by atoms with E-state index < -0.39 is 0 Å². The van der Waals surface area contributed by atoms with Crippen molar-refractivity contribution in [3.63, 3.8) is 0 Å². The van der Waals surface area contributed by atoms with Gasteiger partial charge in [0.05, 0.1) is 18.7 Å². The van der Waals surface area contributed by atoms with Crippen LogP contribution in [-0.4, -0.2) is 28.8 Å². The fraction of sp³-hybridized carbons (Fsp3) is 0.333. The van der Waals surface area contributed by atoms with Crippen LogP contribution < -0.4 is 10.6 Å². The molecule has 21 heavy (non-hydrogen) atoms. The first-order valence-corrected chi connectivity index (χ1v) is 7.68. The summed E-state index contributed by atoms with van der Waals surface area (Å²) in [6.07, 6.45) is 2.30. The zero-order valence-corrected chi connectivity index (χ0v) is 12.6. The Morgan fingerprint density at radius 1 is 1.33 bits per heavy atom. The molecule has 0 aliphatic carbocycles. The highest BCUT2D eigenvalue weighted by molar-refractivity contribution is 7.09. The Labute approximate surface area is 128 Å². The van der Waals surface area contributed by atoms with Gasteiger partial charge in [-0.3, -0.25) is 0 Å². The lowest BCUT2D eigenvalue weighted by atomic mass is 10.1. The Morgan fingerprint density at radius 2 is 2.10 bits per heavy atom. The van der Waals surface area contributed by atoms with E-state index >= 15 is 0 Å². The second-order valence-corrected chi connectivity index (χ2v) is 5.71. The fourth-order valence-electron chi connectivity index (χ4n) is 1.99. The van der Waals surface area contributed by atoms with Crippen molar-refractivity contribution in [2.24, 2.45) is 0 Å². The van der Waals surface area contributed by atoms with Crippen LogP contribution in [0.5, 0.6) is 0 Å². The second-order valence-electron chi connectivity index (χ2n) is 4.78. The van der Waals surface area contributed by atoms with Crippen molar-refractivity contribution in [2.45, 2.75) is 25.4 Å². The summed E-state index contributed by atoms with van der Waals surface area (Å²) in [5.74, 6) is 0. The molecule has 5 nitrogen and oxygen atoms in total.